The van der Waals surface area contributed by atoms with Gasteiger partial charge in [0.15, 0.2) is 0 Å². The van der Waals surface area contributed by atoms with Crippen LogP contribution in [0.3, 0.4) is 0 Å². The first kappa shape index (κ1) is 14.7. The number of hydrogen-bond donors (Lipinski definition) is 1. The van der Waals surface area contributed by atoms with Gasteiger partial charge in [-0.3, -0.25) is 0 Å². The quantitative estimate of drug-likeness (QED) is 0.783. The predicted molar refractivity (Wildman–Crippen MR) is 81.8 cm³/mol. The lowest BCUT2D eigenvalue weighted by molar-refractivity contribution is 0.312. The lowest BCUT2D eigenvalue weighted by Gasteiger charge is -2.30. The predicted octanol–water partition coefficient (Wildman–Crippen LogP) is 4.36. The van der Waals surface area contributed by atoms with E-state index >= 15 is 0 Å². The molecule has 3 heteroatoms. The highest BCUT2D eigenvalue weighted by molar-refractivity contribution is 5.49. The topological polar surface area (TPSA) is 45.0 Å². The van der Waals surface area contributed by atoms with Crippen molar-refractivity contribution in [3.8, 4) is 11.8 Å². The number of rotatable bonds is 6. The fourth-order valence-corrected chi connectivity index (χ4v) is 2.76. The molecule has 108 valence electrons. The number of anilines is 1. The summed E-state index contributed by atoms with van der Waals surface area (Å²) in [5.74, 6) is 1.63. The number of hydrogen-bond acceptors (Lipinski definition) is 3. The van der Waals surface area contributed by atoms with Crippen molar-refractivity contribution in [3.05, 3.63) is 24.3 Å². The van der Waals surface area contributed by atoms with Gasteiger partial charge in [-0.15, -0.1) is 0 Å². The van der Waals surface area contributed by atoms with E-state index in [1.165, 1.54) is 25.7 Å². The summed E-state index contributed by atoms with van der Waals surface area (Å²) < 4.78 is 5.67. The van der Waals surface area contributed by atoms with Gasteiger partial charge in [0.25, 0.3) is 0 Å². The molecule has 1 aliphatic rings. The normalized spacial score (nSPS) is 22.0. The molecule has 0 spiro atoms. The number of nitrogens with one attached hydrogen (secondary N) is 1. The summed E-state index contributed by atoms with van der Waals surface area (Å²) in [6, 6.07) is 10.9. The average Bonchev–Trinajstić information content (AvgIpc) is 2.47. The Bertz CT molecular complexity index is 453. The molecule has 1 fully saturated rings. The molecule has 1 aromatic carbocycles. The van der Waals surface area contributed by atoms with E-state index in [2.05, 4.69) is 30.4 Å². The summed E-state index contributed by atoms with van der Waals surface area (Å²) in [6.07, 6.45) is 6.61. The van der Waals surface area contributed by atoms with Crippen molar-refractivity contribution in [1.82, 2.24) is 0 Å². The maximum absolute atomic E-state index is 8.50. The van der Waals surface area contributed by atoms with Crippen LogP contribution in [-0.2, 0) is 0 Å². The Morgan fingerprint density at radius 2 is 2.20 bits per heavy atom. The van der Waals surface area contributed by atoms with Crippen LogP contribution >= 0.6 is 0 Å². The third kappa shape index (κ3) is 4.45. The molecular weight excluding hydrogens is 248 g/mol. The van der Waals surface area contributed by atoms with E-state index in [0.717, 1.165) is 23.8 Å². The summed E-state index contributed by atoms with van der Waals surface area (Å²) in [6.45, 7) is 2.94. The average molecular weight is 272 g/mol. The van der Waals surface area contributed by atoms with Gasteiger partial charge in [-0.05, 0) is 37.3 Å². The summed E-state index contributed by atoms with van der Waals surface area (Å²) >= 11 is 0. The molecule has 0 aliphatic heterocycles. The van der Waals surface area contributed by atoms with Crippen LogP contribution in [-0.4, -0.2) is 12.6 Å². The van der Waals surface area contributed by atoms with Crippen molar-refractivity contribution in [3.63, 3.8) is 0 Å². The van der Waals surface area contributed by atoms with Crippen molar-refractivity contribution >= 4 is 5.69 Å². The third-order valence-electron chi connectivity index (χ3n) is 4.00. The first-order chi connectivity index (χ1) is 9.79. The summed E-state index contributed by atoms with van der Waals surface area (Å²) in [4.78, 5) is 0. The second kappa shape index (κ2) is 7.79. The number of nitriles is 1. The van der Waals surface area contributed by atoms with Crippen LogP contribution in [0, 0.1) is 17.2 Å². The van der Waals surface area contributed by atoms with E-state index in [1.54, 1.807) is 0 Å². The van der Waals surface area contributed by atoms with Gasteiger partial charge in [0.1, 0.15) is 5.75 Å². The molecule has 1 N–H and O–H groups in total. The molecule has 2 unspecified atom stereocenters. The smallest absolute Gasteiger partial charge is 0.121 e. The second-order valence-electron chi connectivity index (χ2n) is 5.65. The molecule has 1 saturated carbocycles. The van der Waals surface area contributed by atoms with Gasteiger partial charge in [0, 0.05) is 24.2 Å². The third-order valence-corrected chi connectivity index (χ3v) is 4.00. The van der Waals surface area contributed by atoms with Crippen LogP contribution < -0.4 is 10.1 Å². The highest BCUT2D eigenvalue weighted by Gasteiger charge is 2.20. The van der Waals surface area contributed by atoms with Crippen LogP contribution in [0.4, 0.5) is 5.69 Å². The monoisotopic (exact) mass is 272 g/mol. The van der Waals surface area contributed by atoms with Gasteiger partial charge >= 0.3 is 0 Å². The lowest BCUT2D eigenvalue weighted by Crippen LogP contribution is -2.30. The largest absolute Gasteiger partial charge is 0.493 e. The molecule has 0 radical (unpaired) electrons. The molecule has 0 amide bonds. The molecule has 0 saturated heterocycles. The molecule has 0 bridgehead atoms. The zero-order chi connectivity index (χ0) is 14.2. The first-order valence-electron chi connectivity index (χ1n) is 7.66. The van der Waals surface area contributed by atoms with Crippen molar-refractivity contribution in [2.45, 2.75) is 51.5 Å². The zero-order valence-corrected chi connectivity index (χ0v) is 12.3. The Balaban J connectivity index is 1.87. The van der Waals surface area contributed by atoms with Gasteiger partial charge in [-0.25, -0.2) is 0 Å². The van der Waals surface area contributed by atoms with Crippen LogP contribution in [0.25, 0.3) is 0 Å². The number of nitrogens with zero attached hydrogens (tertiary/aromatic N) is 1. The van der Waals surface area contributed by atoms with E-state index in [9.17, 15) is 0 Å². The Morgan fingerprint density at radius 3 is 3.00 bits per heavy atom. The Hall–Kier alpha value is -1.69. The number of ether oxygens (including phenoxy) is 1. The molecule has 0 aromatic heterocycles. The Morgan fingerprint density at radius 1 is 1.35 bits per heavy atom. The van der Waals surface area contributed by atoms with E-state index in [0.29, 0.717) is 19.1 Å². The minimum absolute atomic E-state index is 0.553. The molecule has 2 rings (SSSR count). The van der Waals surface area contributed by atoms with Gasteiger partial charge < -0.3 is 10.1 Å². The molecule has 3 nitrogen and oxygen atoms in total. The van der Waals surface area contributed by atoms with E-state index in [-0.39, 0.29) is 0 Å². The number of benzene rings is 1. The summed E-state index contributed by atoms with van der Waals surface area (Å²) in [7, 11) is 0. The van der Waals surface area contributed by atoms with Crippen molar-refractivity contribution < 1.29 is 4.74 Å². The van der Waals surface area contributed by atoms with Crippen LogP contribution in [0.15, 0.2) is 24.3 Å². The Kier molecular flexibility index (Phi) is 5.73. The maximum Gasteiger partial charge on any atom is 0.121 e. The molecule has 1 aliphatic carbocycles. The van der Waals surface area contributed by atoms with E-state index in [4.69, 9.17) is 10.00 Å². The molecule has 2 atom stereocenters. The van der Waals surface area contributed by atoms with Gasteiger partial charge in [-0.1, -0.05) is 25.8 Å². The minimum Gasteiger partial charge on any atom is -0.493 e. The van der Waals surface area contributed by atoms with Gasteiger partial charge in [-0.2, -0.15) is 5.26 Å². The van der Waals surface area contributed by atoms with Gasteiger partial charge in [0.05, 0.1) is 12.7 Å². The first-order valence-corrected chi connectivity index (χ1v) is 7.66. The zero-order valence-electron chi connectivity index (χ0n) is 12.3. The van der Waals surface area contributed by atoms with Crippen LogP contribution in [0.5, 0.6) is 5.75 Å². The Labute approximate surface area is 121 Å². The summed E-state index contributed by atoms with van der Waals surface area (Å²) in [5, 5.41) is 12.1. The number of unbranched alkanes of at least 4 members (excludes halogenated alkanes) is 1. The van der Waals surface area contributed by atoms with Gasteiger partial charge in [0.2, 0.25) is 0 Å². The fourth-order valence-electron chi connectivity index (χ4n) is 2.76. The summed E-state index contributed by atoms with van der Waals surface area (Å²) in [5.41, 5.74) is 1.14. The molecule has 1 aromatic rings. The van der Waals surface area contributed by atoms with Crippen LogP contribution in [0.2, 0.25) is 0 Å². The standard InChI is InChI=1S/C17H24N2O/c1-14-7-2-3-10-17(14)19-15-8-6-9-16(13-15)20-12-5-4-11-18/h6,8-9,13-14,17,19H,2-5,7,10,12H2,1H3. The van der Waals surface area contributed by atoms with Crippen molar-refractivity contribution in [1.29, 1.82) is 5.26 Å². The second-order valence-corrected chi connectivity index (χ2v) is 5.65. The molecule has 0 heterocycles. The van der Waals surface area contributed by atoms with Crippen molar-refractivity contribution in [2.24, 2.45) is 5.92 Å². The SMILES string of the molecule is CC1CCCCC1Nc1cccc(OCCCC#N)c1. The highest BCUT2D eigenvalue weighted by Crippen LogP contribution is 2.28. The maximum atomic E-state index is 8.50. The van der Waals surface area contributed by atoms with Crippen LogP contribution in [0.1, 0.15) is 45.4 Å². The highest BCUT2D eigenvalue weighted by atomic mass is 16.5. The lowest BCUT2D eigenvalue weighted by atomic mass is 9.86. The fraction of sp³-hybridized carbons (Fsp3) is 0.588. The van der Waals surface area contributed by atoms with E-state index < -0.39 is 0 Å². The van der Waals surface area contributed by atoms with E-state index in [1.807, 2.05) is 12.1 Å². The van der Waals surface area contributed by atoms with Crippen molar-refractivity contribution in [2.75, 3.05) is 11.9 Å². The molecular formula is C17H24N2O. The minimum atomic E-state index is 0.553. The molecule has 20 heavy (non-hydrogen) atoms.